The molecule has 136 valence electrons. The van der Waals surface area contributed by atoms with Crippen LogP contribution in [-0.4, -0.2) is 16.7 Å². The van der Waals surface area contributed by atoms with Gasteiger partial charge in [0.2, 0.25) is 0 Å². The molecule has 0 saturated carbocycles. The van der Waals surface area contributed by atoms with Crippen molar-refractivity contribution in [2.75, 3.05) is 7.11 Å². The summed E-state index contributed by atoms with van der Waals surface area (Å²) in [4.78, 5) is 26.0. The van der Waals surface area contributed by atoms with Gasteiger partial charge in [-0.25, -0.2) is 0 Å². The fraction of sp³-hybridized carbons (Fsp3) is 0.222. The first-order valence-corrected chi connectivity index (χ1v) is 7.78. The fourth-order valence-corrected chi connectivity index (χ4v) is 2.88. The highest BCUT2D eigenvalue weighted by atomic mass is 19.4. The molecule has 0 unspecified atom stereocenters. The topological polar surface area (TPSA) is 64.1 Å². The van der Waals surface area contributed by atoms with Gasteiger partial charge in [0.15, 0.2) is 0 Å². The van der Waals surface area contributed by atoms with Crippen molar-refractivity contribution in [3.8, 4) is 16.9 Å². The number of alkyl halides is 3. The number of hydrogen-bond acceptors (Lipinski definition) is 3. The lowest BCUT2D eigenvalue weighted by Crippen LogP contribution is -2.36. The number of hydrogen-bond donors (Lipinski definition) is 1. The summed E-state index contributed by atoms with van der Waals surface area (Å²) in [6, 6.07) is 8.27. The van der Waals surface area contributed by atoms with Crippen LogP contribution in [0.5, 0.6) is 5.75 Å². The van der Waals surface area contributed by atoms with Gasteiger partial charge in [-0.1, -0.05) is 12.1 Å². The quantitative estimate of drug-likeness (QED) is 0.725. The van der Waals surface area contributed by atoms with E-state index < -0.39 is 22.9 Å². The highest BCUT2D eigenvalue weighted by Crippen LogP contribution is 2.39. The summed E-state index contributed by atoms with van der Waals surface area (Å²) >= 11 is 0. The van der Waals surface area contributed by atoms with Crippen molar-refractivity contribution in [1.29, 1.82) is 0 Å². The van der Waals surface area contributed by atoms with E-state index in [1.165, 1.54) is 25.3 Å². The van der Waals surface area contributed by atoms with Gasteiger partial charge in [0, 0.05) is 6.54 Å². The minimum Gasteiger partial charge on any atom is -0.497 e. The standard InChI is InChI=1S/C18H15F3N2O3/c1-3-23-15-8-12(10-4-6-11(26-2)7-5-10)13(18(19,20)21)9-14(15)22-16(24)17(23)25/h4-9H,3H2,1-2H3,(H,22,24). The van der Waals surface area contributed by atoms with Crippen LogP contribution in [0.1, 0.15) is 12.5 Å². The highest BCUT2D eigenvalue weighted by molar-refractivity contribution is 5.84. The Morgan fingerprint density at radius 3 is 2.31 bits per heavy atom. The molecule has 0 atom stereocenters. The SMILES string of the molecule is CCn1c(=O)c(=O)[nH]c2cc(C(F)(F)F)c(-c3ccc(OC)cc3)cc21. The number of aromatic amines is 1. The Labute approximate surface area is 145 Å². The molecule has 8 heteroatoms. The van der Waals surface area contributed by atoms with E-state index >= 15 is 0 Å². The number of aromatic nitrogens is 2. The molecule has 0 fully saturated rings. The van der Waals surface area contributed by atoms with E-state index in [-0.39, 0.29) is 23.1 Å². The van der Waals surface area contributed by atoms with Gasteiger partial charge < -0.3 is 14.3 Å². The number of rotatable bonds is 3. The predicted molar refractivity (Wildman–Crippen MR) is 91.5 cm³/mol. The van der Waals surface area contributed by atoms with Gasteiger partial charge in [-0.15, -0.1) is 0 Å². The largest absolute Gasteiger partial charge is 0.497 e. The van der Waals surface area contributed by atoms with E-state index in [4.69, 9.17) is 4.74 Å². The Bertz CT molecular complexity index is 1080. The van der Waals surface area contributed by atoms with Gasteiger partial charge in [0.05, 0.1) is 23.7 Å². The van der Waals surface area contributed by atoms with Crippen molar-refractivity contribution >= 4 is 11.0 Å². The number of fused-ring (bicyclic) bond motifs is 1. The van der Waals surface area contributed by atoms with Crippen LogP contribution in [0.2, 0.25) is 0 Å². The van der Waals surface area contributed by atoms with Crippen molar-refractivity contribution in [1.82, 2.24) is 9.55 Å². The summed E-state index contributed by atoms with van der Waals surface area (Å²) in [5.41, 5.74) is -2.23. The second-order valence-corrected chi connectivity index (χ2v) is 5.64. The maximum absolute atomic E-state index is 13.6. The van der Waals surface area contributed by atoms with Crippen molar-refractivity contribution in [2.24, 2.45) is 0 Å². The maximum atomic E-state index is 13.6. The molecule has 1 heterocycles. The lowest BCUT2D eigenvalue weighted by Gasteiger charge is -2.16. The zero-order chi connectivity index (χ0) is 19.1. The molecule has 0 radical (unpaired) electrons. The molecule has 3 rings (SSSR count). The molecule has 3 aromatic rings. The van der Waals surface area contributed by atoms with E-state index in [2.05, 4.69) is 4.98 Å². The fourth-order valence-electron chi connectivity index (χ4n) is 2.88. The minimum atomic E-state index is -4.63. The molecule has 1 aromatic heterocycles. The highest BCUT2D eigenvalue weighted by Gasteiger charge is 2.34. The van der Waals surface area contributed by atoms with Gasteiger partial charge in [-0.05, 0) is 42.3 Å². The third-order valence-corrected chi connectivity index (χ3v) is 4.14. The first kappa shape index (κ1) is 17.8. The third-order valence-electron chi connectivity index (χ3n) is 4.14. The normalized spacial score (nSPS) is 11.7. The Kier molecular flexibility index (Phi) is 4.35. The maximum Gasteiger partial charge on any atom is 0.417 e. The van der Waals surface area contributed by atoms with E-state index in [9.17, 15) is 22.8 Å². The van der Waals surface area contributed by atoms with Crippen LogP contribution in [0.15, 0.2) is 46.0 Å². The van der Waals surface area contributed by atoms with E-state index in [0.717, 1.165) is 10.6 Å². The molecule has 0 saturated heterocycles. The number of nitrogens with one attached hydrogen (secondary N) is 1. The zero-order valence-electron chi connectivity index (χ0n) is 14.0. The first-order chi connectivity index (χ1) is 12.3. The number of ether oxygens (including phenoxy) is 1. The second kappa shape index (κ2) is 6.36. The molecule has 5 nitrogen and oxygen atoms in total. The molecule has 1 N–H and O–H groups in total. The Hall–Kier alpha value is -3.03. The van der Waals surface area contributed by atoms with Crippen LogP contribution in [0.4, 0.5) is 13.2 Å². The summed E-state index contributed by atoms with van der Waals surface area (Å²) in [5.74, 6) is 0.512. The second-order valence-electron chi connectivity index (χ2n) is 5.64. The van der Waals surface area contributed by atoms with E-state index in [1.54, 1.807) is 19.1 Å². The van der Waals surface area contributed by atoms with Crippen LogP contribution in [0.3, 0.4) is 0 Å². The van der Waals surface area contributed by atoms with Gasteiger partial charge >= 0.3 is 17.3 Å². The molecule has 0 aliphatic carbocycles. The molecular weight excluding hydrogens is 349 g/mol. The van der Waals surface area contributed by atoms with Crippen LogP contribution in [0, 0.1) is 0 Å². The van der Waals surface area contributed by atoms with Gasteiger partial charge in [0.25, 0.3) is 0 Å². The third kappa shape index (κ3) is 2.98. The zero-order valence-corrected chi connectivity index (χ0v) is 14.0. The van der Waals surface area contributed by atoms with E-state index in [0.29, 0.717) is 11.3 Å². The number of methoxy groups -OCH3 is 1. The lowest BCUT2D eigenvalue weighted by molar-refractivity contribution is -0.137. The van der Waals surface area contributed by atoms with Crippen molar-refractivity contribution in [3.63, 3.8) is 0 Å². The van der Waals surface area contributed by atoms with Crippen LogP contribution in [-0.2, 0) is 12.7 Å². The summed E-state index contributed by atoms with van der Waals surface area (Å²) in [7, 11) is 1.46. The van der Waals surface area contributed by atoms with Crippen LogP contribution < -0.4 is 15.9 Å². The number of aryl methyl sites for hydroxylation is 1. The minimum absolute atomic E-state index is 0.0407. The van der Waals surface area contributed by atoms with Gasteiger partial charge in [-0.2, -0.15) is 13.2 Å². The smallest absolute Gasteiger partial charge is 0.417 e. The predicted octanol–water partition coefficient (Wildman–Crippen LogP) is 3.40. The summed E-state index contributed by atoms with van der Waals surface area (Å²) in [6.45, 7) is 1.80. The summed E-state index contributed by atoms with van der Waals surface area (Å²) in [6.07, 6.45) is -4.63. The molecule has 26 heavy (non-hydrogen) atoms. The Morgan fingerprint density at radius 1 is 1.12 bits per heavy atom. The van der Waals surface area contributed by atoms with E-state index in [1.807, 2.05) is 0 Å². The number of benzene rings is 2. The molecule has 0 aliphatic rings. The average molecular weight is 364 g/mol. The molecule has 0 amide bonds. The van der Waals surface area contributed by atoms with Crippen molar-refractivity contribution in [2.45, 2.75) is 19.6 Å². The number of nitrogens with zero attached hydrogens (tertiary/aromatic N) is 1. The van der Waals surface area contributed by atoms with Gasteiger partial charge in [-0.3, -0.25) is 9.59 Å². The molecule has 2 aromatic carbocycles. The molecule has 0 aliphatic heterocycles. The monoisotopic (exact) mass is 364 g/mol. The molecule has 0 spiro atoms. The summed E-state index contributed by atoms with van der Waals surface area (Å²) in [5, 5.41) is 0. The van der Waals surface area contributed by atoms with Crippen molar-refractivity contribution in [3.05, 3.63) is 62.7 Å². The van der Waals surface area contributed by atoms with Gasteiger partial charge in [0.1, 0.15) is 5.75 Å². The van der Waals surface area contributed by atoms with Crippen molar-refractivity contribution < 1.29 is 17.9 Å². The lowest BCUT2D eigenvalue weighted by atomic mass is 9.98. The number of H-pyrrole nitrogens is 1. The molecular formula is C18H15F3N2O3. The summed E-state index contributed by atoms with van der Waals surface area (Å²) < 4.78 is 46.9. The molecule has 0 bridgehead atoms. The Morgan fingerprint density at radius 2 is 1.77 bits per heavy atom. The first-order valence-electron chi connectivity index (χ1n) is 7.78. The van der Waals surface area contributed by atoms with Crippen LogP contribution in [0.25, 0.3) is 22.2 Å². The average Bonchev–Trinajstić information content (AvgIpc) is 2.61. The number of halogens is 3. The Balaban J connectivity index is 2.40. The van der Waals surface area contributed by atoms with Crippen LogP contribution >= 0.6 is 0 Å².